The van der Waals surface area contributed by atoms with Gasteiger partial charge in [-0.2, -0.15) is 0 Å². The van der Waals surface area contributed by atoms with Crippen LogP contribution in [0.1, 0.15) is 22.5 Å². The van der Waals surface area contributed by atoms with Crippen LogP contribution < -0.4 is 10.1 Å². The van der Waals surface area contributed by atoms with E-state index in [0.29, 0.717) is 40.8 Å². The number of benzene rings is 1. The number of H-pyrrole nitrogens is 1. The van der Waals surface area contributed by atoms with Gasteiger partial charge < -0.3 is 19.6 Å². The molecule has 0 amide bonds. The fourth-order valence-electron chi connectivity index (χ4n) is 3.86. The van der Waals surface area contributed by atoms with Crippen LogP contribution in [0.3, 0.4) is 0 Å². The highest BCUT2D eigenvalue weighted by molar-refractivity contribution is 7.78. The Morgan fingerprint density at radius 3 is 2.53 bits per heavy atom. The Morgan fingerprint density at radius 2 is 1.81 bits per heavy atom. The van der Waals surface area contributed by atoms with Crippen LogP contribution in [-0.4, -0.2) is 45.8 Å². The lowest BCUT2D eigenvalue weighted by molar-refractivity contribution is 0.398. The summed E-state index contributed by atoms with van der Waals surface area (Å²) in [5.74, 6) is 1.72. The van der Waals surface area contributed by atoms with E-state index in [9.17, 15) is 8.76 Å². The molecule has 11 heteroatoms. The summed E-state index contributed by atoms with van der Waals surface area (Å²) in [7, 11) is 1.57. The molecule has 0 radical (unpaired) electrons. The van der Waals surface area contributed by atoms with Crippen molar-refractivity contribution in [2.75, 3.05) is 12.4 Å². The van der Waals surface area contributed by atoms with Crippen molar-refractivity contribution >= 4 is 33.7 Å². The zero-order valence-electron chi connectivity index (χ0n) is 19.6. The minimum Gasteiger partial charge on any atom is -0.772 e. The van der Waals surface area contributed by atoms with E-state index in [1.807, 2.05) is 49.5 Å². The molecule has 0 aliphatic rings. The number of methoxy groups -OCH3 is 1. The van der Waals surface area contributed by atoms with Crippen molar-refractivity contribution in [1.29, 1.82) is 0 Å². The average Bonchev–Trinajstić information content (AvgIpc) is 3.34. The molecule has 2 N–H and O–H groups in total. The molecule has 1 atom stereocenters. The van der Waals surface area contributed by atoms with Crippen molar-refractivity contribution < 1.29 is 13.5 Å². The molecular formula is C25H22N7O3S-. The van der Waals surface area contributed by atoms with Gasteiger partial charge in [0, 0.05) is 23.6 Å². The van der Waals surface area contributed by atoms with Gasteiger partial charge in [-0.3, -0.25) is 4.21 Å². The third-order valence-electron chi connectivity index (χ3n) is 5.52. The number of hydrogen-bond donors (Lipinski definition) is 2. The highest BCUT2D eigenvalue weighted by Gasteiger charge is 2.17. The van der Waals surface area contributed by atoms with Gasteiger partial charge in [-0.1, -0.05) is 35.3 Å². The van der Waals surface area contributed by atoms with Crippen LogP contribution in [0, 0.1) is 6.92 Å². The van der Waals surface area contributed by atoms with Gasteiger partial charge in [0.1, 0.15) is 22.9 Å². The summed E-state index contributed by atoms with van der Waals surface area (Å²) < 4.78 is 27.1. The topological polar surface area (TPSA) is 142 Å². The smallest absolute Gasteiger partial charge is 0.213 e. The molecule has 5 rings (SSSR count). The van der Waals surface area contributed by atoms with Gasteiger partial charge in [0.25, 0.3) is 0 Å². The highest BCUT2D eigenvalue weighted by atomic mass is 32.2. The van der Waals surface area contributed by atoms with Gasteiger partial charge in [-0.15, -0.1) is 0 Å². The van der Waals surface area contributed by atoms with E-state index in [2.05, 4.69) is 25.3 Å². The quantitative estimate of drug-likeness (QED) is 0.304. The van der Waals surface area contributed by atoms with E-state index >= 15 is 0 Å². The summed E-state index contributed by atoms with van der Waals surface area (Å²) in [6, 6.07) is 13.2. The summed E-state index contributed by atoms with van der Waals surface area (Å²) >= 11 is -2.12. The zero-order valence-corrected chi connectivity index (χ0v) is 20.4. The number of aromatic nitrogens is 6. The van der Waals surface area contributed by atoms with Crippen molar-refractivity contribution in [3.8, 4) is 17.1 Å². The molecule has 1 aromatic carbocycles. The third kappa shape index (κ3) is 5.21. The van der Waals surface area contributed by atoms with E-state index in [-0.39, 0.29) is 5.75 Å². The Balaban J connectivity index is 1.53. The maximum absolute atomic E-state index is 11.0. The van der Waals surface area contributed by atoms with E-state index in [4.69, 9.17) is 14.7 Å². The highest BCUT2D eigenvalue weighted by Crippen LogP contribution is 2.32. The van der Waals surface area contributed by atoms with Crippen molar-refractivity contribution in [2.45, 2.75) is 19.1 Å². The zero-order chi connectivity index (χ0) is 25.1. The van der Waals surface area contributed by atoms with Gasteiger partial charge in [-0.05, 0) is 42.2 Å². The predicted octanol–water partition coefficient (Wildman–Crippen LogP) is 3.84. The molecule has 0 bridgehead atoms. The Hall–Kier alpha value is -4.22. The largest absolute Gasteiger partial charge is 0.772 e. The first kappa shape index (κ1) is 23.5. The molecule has 0 aliphatic carbocycles. The molecular weight excluding hydrogens is 478 g/mol. The lowest BCUT2D eigenvalue weighted by Gasteiger charge is -2.14. The van der Waals surface area contributed by atoms with E-state index in [1.54, 1.807) is 25.7 Å². The number of fused-ring (bicyclic) bond motifs is 1. The van der Waals surface area contributed by atoms with Gasteiger partial charge in [-0.25, -0.2) is 24.9 Å². The van der Waals surface area contributed by atoms with Gasteiger partial charge >= 0.3 is 0 Å². The Labute approximate surface area is 209 Å². The number of pyridine rings is 2. The van der Waals surface area contributed by atoms with Crippen LogP contribution in [0.25, 0.3) is 22.4 Å². The number of nitrogens with zero attached hydrogens (tertiary/aromatic N) is 5. The standard InChI is InChI=1S/C25H23N7O3S/c1-15-30-22(23-25(31-15)29-14-28-23)20-10-18(9-16-3-5-17(6-4-16)13-36(33)34)11-27-24(20)32-19-7-8-21(35-2)26-12-19/h3-8,10-12,14H,9,13H2,1-2H3,(H,27,32)(H,33,34)(H,28,29,30,31)/p-1. The molecule has 182 valence electrons. The minimum absolute atomic E-state index is 0.000187. The van der Waals surface area contributed by atoms with Crippen LogP contribution in [0.5, 0.6) is 5.88 Å². The van der Waals surface area contributed by atoms with Gasteiger partial charge in [0.15, 0.2) is 5.65 Å². The molecule has 4 heterocycles. The summed E-state index contributed by atoms with van der Waals surface area (Å²) in [6.45, 7) is 1.83. The Kier molecular flexibility index (Phi) is 6.65. The van der Waals surface area contributed by atoms with Crippen LogP contribution >= 0.6 is 0 Å². The first-order valence-corrected chi connectivity index (χ1v) is 12.3. The molecule has 4 aromatic heterocycles. The fraction of sp³-hybridized carbons (Fsp3) is 0.160. The van der Waals surface area contributed by atoms with Crippen LogP contribution in [0.2, 0.25) is 0 Å². The van der Waals surface area contributed by atoms with Crippen molar-refractivity contribution in [3.05, 3.63) is 83.7 Å². The number of nitrogens with one attached hydrogen (secondary N) is 2. The Bertz CT molecular complexity index is 1540. The lowest BCUT2D eigenvalue weighted by atomic mass is 10.0. The normalized spacial score (nSPS) is 12.0. The third-order valence-corrected chi connectivity index (χ3v) is 6.09. The molecule has 0 aliphatic heterocycles. The number of ether oxygens (including phenoxy) is 1. The first-order chi connectivity index (χ1) is 17.5. The monoisotopic (exact) mass is 500 g/mol. The molecule has 0 spiro atoms. The molecule has 36 heavy (non-hydrogen) atoms. The maximum Gasteiger partial charge on any atom is 0.213 e. The van der Waals surface area contributed by atoms with Gasteiger partial charge in [0.2, 0.25) is 5.88 Å². The van der Waals surface area contributed by atoms with Crippen molar-refractivity contribution in [2.24, 2.45) is 0 Å². The summed E-state index contributed by atoms with van der Waals surface area (Å²) in [5, 5.41) is 3.33. The molecule has 0 saturated heterocycles. The fourth-order valence-corrected chi connectivity index (χ4v) is 4.32. The van der Waals surface area contributed by atoms with Crippen LogP contribution in [-0.2, 0) is 23.3 Å². The number of imidazole rings is 1. The van der Waals surface area contributed by atoms with E-state index in [0.717, 1.165) is 27.9 Å². The average molecular weight is 501 g/mol. The molecule has 10 nitrogen and oxygen atoms in total. The molecule has 0 fully saturated rings. The van der Waals surface area contributed by atoms with Crippen LogP contribution in [0.15, 0.2) is 61.2 Å². The number of hydrogen-bond acceptors (Lipinski definition) is 9. The lowest BCUT2D eigenvalue weighted by Crippen LogP contribution is -2.02. The van der Waals surface area contributed by atoms with Crippen molar-refractivity contribution in [3.63, 3.8) is 0 Å². The maximum atomic E-state index is 11.0. The predicted molar refractivity (Wildman–Crippen MR) is 136 cm³/mol. The molecule has 0 saturated carbocycles. The summed E-state index contributed by atoms with van der Waals surface area (Å²) in [4.78, 5) is 25.5. The second kappa shape index (κ2) is 10.2. The second-order valence-electron chi connectivity index (χ2n) is 8.12. The van der Waals surface area contributed by atoms with Crippen LogP contribution in [0.4, 0.5) is 11.5 Å². The number of rotatable bonds is 8. The summed E-state index contributed by atoms with van der Waals surface area (Å²) in [5.41, 5.74) is 6.24. The Morgan fingerprint density at radius 1 is 1.00 bits per heavy atom. The number of anilines is 2. The minimum atomic E-state index is -2.12. The SMILES string of the molecule is COc1ccc(Nc2ncc(Cc3ccc(CS(=O)[O-])cc3)cc2-c2nc(C)nc3nc[nH]c23)cn1. The van der Waals surface area contributed by atoms with Crippen molar-refractivity contribution in [1.82, 2.24) is 29.9 Å². The molecule has 5 aromatic rings. The second-order valence-corrected chi connectivity index (χ2v) is 9.01. The summed E-state index contributed by atoms with van der Waals surface area (Å²) in [6.07, 6.45) is 5.69. The first-order valence-electron chi connectivity index (χ1n) is 11.1. The van der Waals surface area contributed by atoms with E-state index in [1.165, 1.54) is 0 Å². The molecule has 1 unspecified atom stereocenters. The number of aromatic amines is 1. The van der Waals surface area contributed by atoms with Gasteiger partial charge in [0.05, 0.1) is 25.3 Å². The number of aryl methyl sites for hydroxylation is 1. The van der Waals surface area contributed by atoms with E-state index < -0.39 is 11.1 Å².